The summed E-state index contributed by atoms with van der Waals surface area (Å²) < 4.78 is 0. The molecule has 0 amide bonds. The summed E-state index contributed by atoms with van der Waals surface area (Å²) in [5.74, 6) is -0.278. The van der Waals surface area contributed by atoms with Crippen LogP contribution in [0.3, 0.4) is 0 Å². The van der Waals surface area contributed by atoms with Gasteiger partial charge in [-0.2, -0.15) is 0 Å². The fourth-order valence-electron chi connectivity index (χ4n) is 1.21. The van der Waals surface area contributed by atoms with Crippen molar-refractivity contribution in [3.05, 3.63) is 33.9 Å². The lowest BCUT2D eigenvalue weighted by molar-refractivity contribution is -0.385. The number of benzene rings is 1. The SMILES string of the molecule is CSc1ccc(C(=O)C(C)Br)c([N+](=O)[O-])c1. The van der Waals surface area contributed by atoms with E-state index in [1.807, 2.05) is 6.26 Å². The van der Waals surface area contributed by atoms with Crippen molar-refractivity contribution in [3.8, 4) is 0 Å². The van der Waals surface area contributed by atoms with E-state index in [2.05, 4.69) is 15.9 Å². The minimum absolute atomic E-state index is 0.136. The number of carbonyl (C=O) groups is 1. The Morgan fingerprint density at radius 1 is 1.56 bits per heavy atom. The first-order valence-electron chi connectivity index (χ1n) is 4.48. The number of ketones is 1. The van der Waals surface area contributed by atoms with Gasteiger partial charge < -0.3 is 0 Å². The van der Waals surface area contributed by atoms with Crippen molar-refractivity contribution in [1.82, 2.24) is 0 Å². The fourth-order valence-corrected chi connectivity index (χ4v) is 1.89. The lowest BCUT2D eigenvalue weighted by Gasteiger charge is -2.05. The van der Waals surface area contributed by atoms with Crippen LogP contribution in [0.5, 0.6) is 0 Å². The molecule has 1 aromatic rings. The summed E-state index contributed by atoms with van der Waals surface area (Å²) in [7, 11) is 0. The van der Waals surface area contributed by atoms with Gasteiger partial charge in [0.15, 0.2) is 5.78 Å². The molecule has 0 aliphatic rings. The molecule has 86 valence electrons. The second-order valence-corrected chi connectivity index (χ2v) is 5.37. The zero-order valence-electron chi connectivity index (χ0n) is 8.77. The molecular weight excluding hydrogens is 294 g/mol. The minimum Gasteiger partial charge on any atom is -0.293 e. The molecule has 1 rings (SSSR count). The van der Waals surface area contributed by atoms with Gasteiger partial charge in [-0.05, 0) is 25.3 Å². The lowest BCUT2D eigenvalue weighted by atomic mass is 10.1. The van der Waals surface area contributed by atoms with Gasteiger partial charge in [-0.25, -0.2) is 0 Å². The summed E-state index contributed by atoms with van der Waals surface area (Å²) in [6.07, 6.45) is 1.83. The van der Waals surface area contributed by atoms with Gasteiger partial charge in [0, 0.05) is 11.0 Å². The zero-order valence-corrected chi connectivity index (χ0v) is 11.2. The molecule has 1 unspecified atom stereocenters. The van der Waals surface area contributed by atoms with Gasteiger partial charge in [-0.3, -0.25) is 14.9 Å². The van der Waals surface area contributed by atoms with E-state index in [1.165, 1.54) is 23.9 Å². The number of nitro groups is 1. The van der Waals surface area contributed by atoms with Crippen molar-refractivity contribution in [2.24, 2.45) is 0 Å². The van der Waals surface area contributed by atoms with Crippen LogP contribution < -0.4 is 0 Å². The molecule has 0 bridgehead atoms. The molecule has 6 heteroatoms. The Hall–Kier alpha value is -0.880. The second kappa shape index (κ2) is 5.45. The van der Waals surface area contributed by atoms with E-state index in [4.69, 9.17) is 0 Å². The van der Waals surface area contributed by atoms with Gasteiger partial charge in [0.25, 0.3) is 5.69 Å². The average Bonchev–Trinajstić information content (AvgIpc) is 2.26. The van der Waals surface area contributed by atoms with Gasteiger partial charge >= 0.3 is 0 Å². The first-order valence-corrected chi connectivity index (χ1v) is 6.62. The first kappa shape index (κ1) is 13.2. The third kappa shape index (κ3) is 2.82. The van der Waals surface area contributed by atoms with Crippen LogP contribution in [0.15, 0.2) is 23.1 Å². The molecule has 0 spiro atoms. The molecule has 0 saturated carbocycles. The molecule has 16 heavy (non-hydrogen) atoms. The van der Waals surface area contributed by atoms with Gasteiger partial charge in [0.1, 0.15) is 0 Å². The molecule has 0 N–H and O–H groups in total. The quantitative estimate of drug-likeness (QED) is 0.281. The van der Waals surface area contributed by atoms with E-state index < -0.39 is 9.75 Å². The van der Waals surface area contributed by atoms with Crippen LogP contribution in [0.4, 0.5) is 5.69 Å². The standard InChI is InChI=1S/C10H10BrNO3S/c1-6(11)10(13)8-4-3-7(16-2)5-9(8)12(14)15/h3-6H,1-2H3. The van der Waals surface area contributed by atoms with E-state index in [9.17, 15) is 14.9 Å². The van der Waals surface area contributed by atoms with Gasteiger partial charge in [-0.15, -0.1) is 11.8 Å². The van der Waals surface area contributed by atoms with Crippen LogP contribution in [-0.4, -0.2) is 21.8 Å². The maximum atomic E-state index is 11.7. The van der Waals surface area contributed by atoms with Crippen LogP contribution in [0, 0.1) is 10.1 Å². The highest BCUT2D eigenvalue weighted by atomic mass is 79.9. The number of hydrogen-bond acceptors (Lipinski definition) is 4. The van der Waals surface area contributed by atoms with Crippen LogP contribution in [0.1, 0.15) is 17.3 Å². The predicted octanol–water partition coefficient (Wildman–Crippen LogP) is 3.28. The van der Waals surface area contributed by atoms with Crippen molar-refractivity contribution in [1.29, 1.82) is 0 Å². The summed E-state index contributed by atoms with van der Waals surface area (Å²) in [5.41, 5.74) is 0.00956. The number of nitro benzene ring substituents is 1. The molecule has 1 atom stereocenters. The second-order valence-electron chi connectivity index (χ2n) is 3.12. The van der Waals surface area contributed by atoms with Crippen molar-refractivity contribution >= 4 is 39.2 Å². The molecule has 0 saturated heterocycles. The van der Waals surface area contributed by atoms with Crippen molar-refractivity contribution in [2.75, 3.05) is 6.26 Å². The number of Topliss-reactive ketones (excluding diaryl/α,β-unsaturated/α-hetero) is 1. The third-order valence-corrected chi connectivity index (χ3v) is 3.17. The van der Waals surface area contributed by atoms with Crippen molar-refractivity contribution in [3.63, 3.8) is 0 Å². The van der Waals surface area contributed by atoms with Crippen LogP contribution in [-0.2, 0) is 0 Å². The van der Waals surface area contributed by atoms with Crippen LogP contribution in [0.2, 0.25) is 0 Å². The largest absolute Gasteiger partial charge is 0.293 e. The topological polar surface area (TPSA) is 60.2 Å². The Morgan fingerprint density at radius 2 is 2.19 bits per heavy atom. The molecule has 0 radical (unpaired) electrons. The highest BCUT2D eigenvalue weighted by molar-refractivity contribution is 9.10. The molecule has 4 nitrogen and oxygen atoms in total. The molecule has 0 aliphatic heterocycles. The lowest BCUT2D eigenvalue weighted by Crippen LogP contribution is -2.12. The molecule has 0 aromatic heterocycles. The van der Waals surface area contributed by atoms with E-state index in [1.54, 1.807) is 13.0 Å². The van der Waals surface area contributed by atoms with Crippen LogP contribution >= 0.6 is 27.7 Å². The van der Waals surface area contributed by atoms with E-state index >= 15 is 0 Å². The maximum absolute atomic E-state index is 11.7. The van der Waals surface area contributed by atoms with Crippen molar-refractivity contribution < 1.29 is 9.72 Å². The van der Waals surface area contributed by atoms with Crippen LogP contribution in [0.25, 0.3) is 0 Å². The molecule has 0 aliphatic carbocycles. The summed E-state index contributed by atoms with van der Waals surface area (Å²) >= 11 is 4.52. The summed E-state index contributed by atoms with van der Waals surface area (Å²) in [6, 6.07) is 4.64. The van der Waals surface area contributed by atoms with Gasteiger partial charge in [0.2, 0.25) is 0 Å². The summed E-state index contributed by atoms with van der Waals surface area (Å²) in [6.45, 7) is 1.65. The highest BCUT2D eigenvalue weighted by Crippen LogP contribution is 2.27. The third-order valence-electron chi connectivity index (χ3n) is 2.03. The number of nitrogens with zero attached hydrogens (tertiary/aromatic N) is 1. The average molecular weight is 304 g/mol. The van der Waals surface area contributed by atoms with Crippen molar-refractivity contribution in [2.45, 2.75) is 16.6 Å². The highest BCUT2D eigenvalue weighted by Gasteiger charge is 2.23. The fraction of sp³-hybridized carbons (Fsp3) is 0.300. The Bertz CT molecular complexity index is 434. The van der Waals surface area contributed by atoms with E-state index in [0.717, 1.165) is 4.90 Å². The normalized spacial score (nSPS) is 12.2. The summed E-state index contributed by atoms with van der Waals surface area (Å²) in [5, 5.41) is 10.8. The monoisotopic (exact) mass is 303 g/mol. The smallest absolute Gasteiger partial charge is 0.281 e. The van der Waals surface area contributed by atoms with Gasteiger partial charge in [-0.1, -0.05) is 15.9 Å². The van der Waals surface area contributed by atoms with E-state index in [-0.39, 0.29) is 17.0 Å². The summed E-state index contributed by atoms with van der Waals surface area (Å²) in [4.78, 5) is 22.4. The number of thioether (sulfide) groups is 1. The predicted molar refractivity (Wildman–Crippen MR) is 67.6 cm³/mol. The number of alkyl halides is 1. The molecule has 1 aromatic carbocycles. The maximum Gasteiger partial charge on any atom is 0.281 e. The number of hydrogen-bond donors (Lipinski definition) is 0. The molecular formula is C10H10BrNO3S. The Labute approximate surface area is 106 Å². The molecule has 0 heterocycles. The number of halogens is 1. The van der Waals surface area contributed by atoms with Gasteiger partial charge in [0.05, 0.1) is 15.3 Å². The zero-order chi connectivity index (χ0) is 12.3. The number of rotatable bonds is 4. The number of carbonyl (C=O) groups excluding carboxylic acids is 1. The minimum atomic E-state index is -0.525. The Morgan fingerprint density at radius 3 is 2.62 bits per heavy atom. The molecule has 0 fully saturated rings. The first-order chi connectivity index (χ1) is 7.47. The van der Waals surface area contributed by atoms with E-state index in [0.29, 0.717) is 0 Å². The Kier molecular flexibility index (Phi) is 4.49. The Balaban J connectivity index is 3.28.